The standard InChI is InChI=1S/C14H23NOS/c1-2-11-8-9-12(17-11)10-15-13-6-4-3-5-7-14(13)16/h8-9,13-16H,2-7,10H2,1H3. The van der Waals surface area contributed by atoms with Gasteiger partial charge in [-0.3, -0.25) is 0 Å². The number of aliphatic hydroxyl groups excluding tert-OH is 1. The lowest BCUT2D eigenvalue weighted by Gasteiger charge is -2.21. The van der Waals surface area contributed by atoms with Gasteiger partial charge in [0, 0.05) is 22.3 Å². The molecule has 1 heterocycles. The van der Waals surface area contributed by atoms with Gasteiger partial charge in [0.2, 0.25) is 0 Å². The molecule has 17 heavy (non-hydrogen) atoms. The number of hydrogen-bond acceptors (Lipinski definition) is 3. The molecule has 0 aliphatic heterocycles. The summed E-state index contributed by atoms with van der Waals surface area (Å²) in [6, 6.07) is 4.72. The molecule has 1 aromatic heterocycles. The normalized spacial score (nSPS) is 25.8. The summed E-state index contributed by atoms with van der Waals surface area (Å²) in [6.45, 7) is 3.10. The lowest BCUT2D eigenvalue weighted by atomic mass is 10.1. The van der Waals surface area contributed by atoms with Crippen molar-refractivity contribution < 1.29 is 5.11 Å². The third-order valence-electron chi connectivity index (χ3n) is 3.58. The van der Waals surface area contributed by atoms with Crippen LogP contribution in [0.15, 0.2) is 12.1 Å². The molecule has 2 rings (SSSR count). The van der Waals surface area contributed by atoms with E-state index >= 15 is 0 Å². The molecule has 2 atom stereocenters. The Morgan fingerprint density at radius 1 is 1.24 bits per heavy atom. The van der Waals surface area contributed by atoms with Crippen LogP contribution in [0.5, 0.6) is 0 Å². The zero-order valence-corrected chi connectivity index (χ0v) is 11.4. The maximum Gasteiger partial charge on any atom is 0.0693 e. The second kappa shape index (κ2) is 6.53. The second-order valence-corrected chi connectivity index (χ2v) is 6.17. The van der Waals surface area contributed by atoms with Gasteiger partial charge in [0.05, 0.1) is 6.10 Å². The van der Waals surface area contributed by atoms with Crippen LogP contribution < -0.4 is 5.32 Å². The summed E-state index contributed by atoms with van der Waals surface area (Å²) in [4.78, 5) is 2.83. The van der Waals surface area contributed by atoms with Gasteiger partial charge in [-0.05, 0) is 31.4 Å². The first kappa shape index (κ1) is 13.1. The summed E-state index contributed by atoms with van der Waals surface area (Å²) >= 11 is 1.88. The molecule has 2 N–H and O–H groups in total. The summed E-state index contributed by atoms with van der Waals surface area (Å²) in [5.74, 6) is 0. The lowest BCUT2D eigenvalue weighted by molar-refractivity contribution is 0.119. The first-order valence-corrected chi connectivity index (χ1v) is 7.60. The molecule has 1 aliphatic rings. The minimum Gasteiger partial charge on any atom is -0.392 e. The Morgan fingerprint density at radius 2 is 2.00 bits per heavy atom. The maximum atomic E-state index is 10.0. The molecule has 0 saturated heterocycles. The molecule has 2 unspecified atom stereocenters. The van der Waals surface area contributed by atoms with E-state index in [-0.39, 0.29) is 6.10 Å². The van der Waals surface area contributed by atoms with Crippen molar-refractivity contribution >= 4 is 11.3 Å². The van der Waals surface area contributed by atoms with Crippen LogP contribution in [0.3, 0.4) is 0 Å². The third-order valence-corrected chi connectivity index (χ3v) is 4.81. The van der Waals surface area contributed by atoms with E-state index in [0.717, 1.165) is 25.8 Å². The summed E-state index contributed by atoms with van der Waals surface area (Å²) in [6.07, 6.45) is 6.75. The number of hydrogen-bond donors (Lipinski definition) is 2. The van der Waals surface area contributed by atoms with Gasteiger partial charge in [-0.2, -0.15) is 0 Å². The molecule has 96 valence electrons. The van der Waals surface area contributed by atoms with Crippen molar-refractivity contribution in [3.05, 3.63) is 21.9 Å². The van der Waals surface area contributed by atoms with Crippen molar-refractivity contribution in [3.63, 3.8) is 0 Å². The Balaban J connectivity index is 1.83. The van der Waals surface area contributed by atoms with Crippen molar-refractivity contribution in [1.82, 2.24) is 5.32 Å². The van der Waals surface area contributed by atoms with Crippen LogP contribution >= 0.6 is 11.3 Å². The van der Waals surface area contributed by atoms with Crippen LogP contribution in [-0.2, 0) is 13.0 Å². The van der Waals surface area contributed by atoms with Gasteiger partial charge in [0.25, 0.3) is 0 Å². The Bertz CT molecular complexity index is 337. The van der Waals surface area contributed by atoms with Gasteiger partial charge in [0.15, 0.2) is 0 Å². The first-order valence-electron chi connectivity index (χ1n) is 6.78. The Hall–Kier alpha value is -0.380. The number of aliphatic hydroxyl groups is 1. The fourth-order valence-electron chi connectivity index (χ4n) is 2.47. The third kappa shape index (κ3) is 3.80. The molecular formula is C14H23NOS. The monoisotopic (exact) mass is 253 g/mol. The Labute approximate surface area is 108 Å². The molecular weight excluding hydrogens is 230 g/mol. The molecule has 0 amide bonds. The molecule has 0 aromatic carbocycles. The van der Waals surface area contributed by atoms with Crippen LogP contribution in [0.2, 0.25) is 0 Å². The molecule has 2 nitrogen and oxygen atoms in total. The summed E-state index contributed by atoms with van der Waals surface area (Å²) in [5.41, 5.74) is 0. The van der Waals surface area contributed by atoms with E-state index in [9.17, 15) is 5.11 Å². The molecule has 1 fully saturated rings. The highest BCUT2D eigenvalue weighted by atomic mass is 32.1. The van der Waals surface area contributed by atoms with E-state index < -0.39 is 0 Å². The van der Waals surface area contributed by atoms with Crippen LogP contribution in [0, 0.1) is 0 Å². The van der Waals surface area contributed by atoms with Gasteiger partial charge in [-0.15, -0.1) is 11.3 Å². The summed E-state index contributed by atoms with van der Waals surface area (Å²) in [7, 11) is 0. The van der Waals surface area contributed by atoms with Crippen LogP contribution in [0.4, 0.5) is 0 Å². The number of thiophene rings is 1. The topological polar surface area (TPSA) is 32.3 Å². The van der Waals surface area contributed by atoms with E-state index in [2.05, 4.69) is 24.4 Å². The molecule has 1 aromatic rings. The molecule has 0 radical (unpaired) electrons. The highest BCUT2D eigenvalue weighted by molar-refractivity contribution is 7.11. The predicted octanol–water partition coefficient (Wildman–Crippen LogP) is 3.09. The zero-order valence-electron chi connectivity index (χ0n) is 10.6. The highest BCUT2D eigenvalue weighted by Gasteiger charge is 2.20. The highest BCUT2D eigenvalue weighted by Crippen LogP contribution is 2.20. The molecule has 3 heteroatoms. The largest absolute Gasteiger partial charge is 0.392 e. The first-order chi connectivity index (χ1) is 8.29. The van der Waals surface area contributed by atoms with Crippen LogP contribution in [0.25, 0.3) is 0 Å². The molecule has 1 aliphatic carbocycles. The van der Waals surface area contributed by atoms with Crippen LogP contribution in [-0.4, -0.2) is 17.3 Å². The summed E-state index contributed by atoms with van der Waals surface area (Å²) in [5, 5.41) is 13.5. The predicted molar refractivity (Wildman–Crippen MR) is 73.4 cm³/mol. The smallest absolute Gasteiger partial charge is 0.0693 e. The average molecular weight is 253 g/mol. The van der Waals surface area contributed by atoms with E-state index in [4.69, 9.17) is 0 Å². The fourth-order valence-corrected chi connectivity index (χ4v) is 3.37. The summed E-state index contributed by atoms with van der Waals surface area (Å²) < 4.78 is 0. The van der Waals surface area contributed by atoms with Gasteiger partial charge < -0.3 is 10.4 Å². The van der Waals surface area contributed by atoms with E-state index in [1.165, 1.54) is 29.0 Å². The quantitative estimate of drug-likeness (QED) is 0.808. The van der Waals surface area contributed by atoms with Crippen LogP contribution in [0.1, 0.15) is 48.8 Å². The second-order valence-electron chi connectivity index (χ2n) is 4.91. The molecule has 0 bridgehead atoms. The lowest BCUT2D eigenvalue weighted by Crippen LogP contribution is -2.38. The van der Waals surface area contributed by atoms with E-state index in [1.54, 1.807) is 0 Å². The SMILES string of the molecule is CCc1ccc(CNC2CCCCCC2O)s1. The Morgan fingerprint density at radius 3 is 2.76 bits per heavy atom. The van der Waals surface area contributed by atoms with Gasteiger partial charge >= 0.3 is 0 Å². The van der Waals surface area contributed by atoms with E-state index in [0.29, 0.717) is 6.04 Å². The minimum atomic E-state index is -0.150. The van der Waals surface area contributed by atoms with Crippen molar-refractivity contribution in [2.24, 2.45) is 0 Å². The number of nitrogens with one attached hydrogen (secondary N) is 1. The number of rotatable bonds is 4. The van der Waals surface area contributed by atoms with Gasteiger partial charge in [0.1, 0.15) is 0 Å². The number of aryl methyl sites for hydroxylation is 1. The average Bonchev–Trinajstić information content (AvgIpc) is 2.70. The van der Waals surface area contributed by atoms with Crippen molar-refractivity contribution in [3.8, 4) is 0 Å². The maximum absolute atomic E-state index is 10.0. The van der Waals surface area contributed by atoms with Crippen molar-refractivity contribution in [1.29, 1.82) is 0 Å². The molecule has 1 saturated carbocycles. The fraction of sp³-hybridized carbons (Fsp3) is 0.714. The van der Waals surface area contributed by atoms with Gasteiger partial charge in [-0.25, -0.2) is 0 Å². The Kier molecular flexibility index (Phi) is 5.01. The van der Waals surface area contributed by atoms with Gasteiger partial charge in [-0.1, -0.05) is 26.2 Å². The van der Waals surface area contributed by atoms with Crippen molar-refractivity contribution in [2.45, 2.75) is 64.1 Å². The molecule has 0 spiro atoms. The zero-order chi connectivity index (χ0) is 12.1. The minimum absolute atomic E-state index is 0.150. The van der Waals surface area contributed by atoms with Crippen molar-refractivity contribution in [2.75, 3.05) is 0 Å². The van der Waals surface area contributed by atoms with E-state index in [1.807, 2.05) is 11.3 Å².